The highest BCUT2D eigenvalue weighted by molar-refractivity contribution is 7.99. The summed E-state index contributed by atoms with van der Waals surface area (Å²) in [6, 6.07) is 17.3. The second-order valence-corrected chi connectivity index (χ2v) is 6.19. The van der Waals surface area contributed by atoms with Crippen LogP contribution in [0.1, 0.15) is 5.56 Å². The van der Waals surface area contributed by atoms with E-state index in [1.54, 1.807) is 7.11 Å². The van der Waals surface area contributed by atoms with Gasteiger partial charge < -0.3 is 10.1 Å². The monoisotopic (exact) mass is 354 g/mol. The number of ether oxygens (including phenoxy) is 1. The molecule has 1 heterocycles. The lowest BCUT2D eigenvalue weighted by atomic mass is 10.2. The van der Waals surface area contributed by atoms with Crippen LogP contribution in [0.25, 0.3) is 11.4 Å². The maximum Gasteiger partial charge on any atom is 0.230 e. The Morgan fingerprint density at radius 1 is 1.16 bits per heavy atom. The lowest BCUT2D eigenvalue weighted by Gasteiger charge is -2.05. The molecule has 1 amide bonds. The predicted molar refractivity (Wildman–Crippen MR) is 97.4 cm³/mol. The zero-order valence-electron chi connectivity index (χ0n) is 13.7. The van der Waals surface area contributed by atoms with Crippen LogP contribution in [0.2, 0.25) is 0 Å². The number of hydrogen-bond acceptors (Lipinski definition) is 5. The molecule has 0 spiro atoms. The summed E-state index contributed by atoms with van der Waals surface area (Å²) < 4.78 is 5.11. The normalized spacial score (nSPS) is 10.4. The van der Waals surface area contributed by atoms with Crippen molar-refractivity contribution in [2.45, 2.75) is 11.7 Å². The molecule has 25 heavy (non-hydrogen) atoms. The second-order valence-electron chi connectivity index (χ2n) is 5.25. The van der Waals surface area contributed by atoms with Gasteiger partial charge in [0.25, 0.3) is 0 Å². The molecule has 6 nitrogen and oxygen atoms in total. The zero-order valence-corrected chi connectivity index (χ0v) is 14.5. The van der Waals surface area contributed by atoms with E-state index in [0.717, 1.165) is 16.9 Å². The van der Waals surface area contributed by atoms with Gasteiger partial charge in [-0.1, -0.05) is 54.2 Å². The van der Waals surface area contributed by atoms with E-state index >= 15 is 0 Å². The second kappa shape index (κ2) is 8.34. The minimum absolute atomic E-state index is 0.0631. The molecular weight excluding hydrogens is 336 g/mol. The fraction of sp³-hybridized carbons (Fsp3) is 0.167. The predicted octanol–water partition coefficient (Wildman–Crippen LogP) is 2.89. The highest BCUT2D eigenvalue weighted by Gasteiger charge is 2.08. The van der Waals surface area contributed by atoms with Crippen molar-refractivity contribution < 1.29 is 9.53 Å². The zero-order chi connectivity index (χ0) is 17.5. The topological polar surface area (TPSA) is 79.9 Å². The van der Waals surface area contributed by atoms with Crippen LogP contribution in [-0.4, -0.2) is 34.0 Å². The maximum atomic E-state index is 12.0. The Bertz CT molecular complexity index is 819. The average molecular weight is 354 g/mol. The standard InChI is InChI=1S/C18H18N4O2S/c1-24-15-9-7-13(8-10-15)11-19-16(23)12-25-18-20-17(21-22-18)14-5-3-2-4-6-14/h2-10H,11-12H2,1H3,(H,19,23)(H,20,21,22). The molecule has 0 radical (unpaired) electrons. The van der Waals surface area contributed by atoms with Crippen LogP contribution >= 0.6 is 11.8 Å². The van der Waals surface area contributed by atoms with Crippen LogP contribution in [0.3, 0.4) is 0 Å². The van der Waals surface area contributed by atoms with Crippen molar-refractivity contribution in [3.63, 3.8) is 0 Å². The SMILES string of the molecule is COc1ccc(CNC(=O)CSc2n[nH]c(-c3ccccc3)n2)cc1. The number of rotatable bonds is 7. The number of nitrogens with zero attached hydrogens (tertiary/aromatic N) is 2. The van der Waals surface area contributed by atoms with Gasteiger partial charge in [-0.05, 0) is 17.7 Å². The Kier molecular flexibility index (Phi) is 5.69. The van der Waals surface area contributed by atoms with Crippen molar-refractivity contribution >= 4 is 17.7 Å². The van der Waals surface area contributed by atoms with Crippen molar-refractivity contribution in [3.05, 3.63) is 60.2 Å². The molecule has 3 rings (SSSR count). The van der Waals surface area contributed by atoms with E-state index in [1.807, 2.05) is 54.6 Å². The molecule has 3 aromatic rings. The molecule has 0 saturated heterocycles. The highest BCUT2D eigenvalue weighted by atomic mass is 32.2. The third-order valence-electron chi connectivity index (χ3n) is 3.49. The first-order chi connectivity index (χ1) is 12.2. The summed E-state index contributed by atoms with van der Waals surface area (Å²) in [4.78, 5) is 16.4. The van der Waals surface area contributed by atoms with E-state index in [2.05, 4.69) is 20.5 Å². The number of aromatic amines is 1. The van der Waals surface area contributed by atoms with Gasteiger partial charge in [-0.3, -0.25) is 9.89 Å². The van der Waals surface area contributed by atoms with Gasteiger partial charge >= 0.3 is 0 Å². The van der Waals surface area contributed by atoms with E-state index in [0.29, 0.717) is 17.5 Å². The number of aromatic nitrogens is 3. The summed E-state index contributed by atoms with van der Waals surface area (Å²) in [5.41, 5.74) is 1.98. The van der Waals surface area contributed by atoms with Crippen LogP contribution in [0.4, 0.5) is 0 Å². The largest absolute Gasteiger partial charge is 0.497 e. The Balaban J connectivity index is 1.46. The summed E-state index contributed by atoms with van der Waals surface area (Å²) >= 11 is 1.30. The molecule has 2 aromatic carbocycles. The molecule has 0 unspecified atom stereocenters. The third-order valence-corrected chi connectivity index (χ3v) is 4.34. The van der Waals surface area contributed by atoms with Crippen LogP contribution < -0.4 is 10.1 Å². The molecular formula is C18H18N4O2S. The van der Waals surface area contributed by atoms with Crippen molar-refractivity contribution in [1.29, 1.82) is 0 Å². The Labute approximate surface area is 150 Å². The molecule has 0 aliphatic rings. The van der Waals surface area contributed by atoms with Crippen molar-refractivity contribution in [2.75, 3.05) is 12.9 Å². The molecule has 0 aliphatic carbocycles. The van der Waals surface area contributed by atoms with Crippen LogP contribution in [-0.2, 0) is 11.3 Å². The van der Waals surface area contributed by atoms with Crippen molar-refractivity contribution in [3.8, 4) is 17.1 Å². The van der Waals surface area contributed by atoms with Gasteiger partial charge in [0.1, 0.15) is 5.75 Å². The number of nitrogens with one attached hydrogen (secondary N) is 2. The van der Waals surface area contributed by atoms with E-state index in [1.165, 1.54) is 11.8 Å². The number of carbonyl (C=O) groups is 1. The van der Waals surface area contributed by atoms with Gasteiger partial charge in [0.2, 0.25) is 11.1 Å². The molecule has 0 aliphatic heterocycles. The van der Waals surface area contributed by atoms with Gasteiger partial charge in [-0.2, -0.15) is 0 Å². The van der Waals surface area contributed by atoms with Gasteiger partial charge in [0.05, 0.1) is 12.9 Å². The Morgan fingerprint density at radius 3 is 2.64 bits per heavy atom. The summed E-state index contributed by atoms with van der Waals surface area (Å²) in [6.07, 6.45) is 0. The first-order valence-electron chi connectivity index (χ1n) is 7.75. The first kappa shape index (κ1) is 17.0. The smallest absolute Gasteiger partial charge is 0.230 e. The summed E-state index contributed by atoms with van der Waals surface area (Å²) in [5.74, 6) is 1.69. The molecule has 128 valence electrons. The highest BCUT2D eigenvalue weighted by Crippen LogP contribution is 2.18. The quantitative estimate of drug-likeness (QED) is 0.638. The Hall–Kier alpha value is -2.80. The fourth-order valence-corrected chi connectivity index (χ4v) is 2.79. The van der Waals surface area contributed by atoms with Gasteiger partial charge in [-0.25, -0.2) is 4.98 Å². The molecule has 0 atom stereocenters. The summed E-state index contributed by atoms with van der Waals surface area (Å²) in [6.45, 7) is 0.479. The lowest BCUT2D eigenvalue weighted by Crippen LogP contribution is -2.24. The van der Waals surface area contributed by atoms with E-state index in [9.17, 15) is 4.79 Å². The Morgan fingerprint density at radius 2 is 1.92 bits per heavy atom. The van der Waals surface area contributed by atoms with E-state index in [4.69, 9.17) is 4.74 Å². The van der Waals surface area contributed by atoms with Crippen LogP contribution in [0.5, 0.6) is 5.75 Å². The number of amides is 1. The maximum absolute atomic E-state index is 12.0. The fourth-order valence-electron chi connectivity index (χ4n) is 2.16. The molecule has 0 bridgehead atoms. The first-order valence-corrected chi connectivity index (χ1v) is 8.73. The minimum Gasteiger partial charge on any atom is -0.497 e. The molecule has 1 aromatic heterocycles. The van der Waals surface area contributed by atoms with Gasteiger partial charge in [-0.15, -0.1) is 5.10 Å². The molecule has 0 saturated carbocycles. The van der Waals surface area contributed by atoms with E-state index < -0.39 is 0 Å². The number of hydrogen-bond donors (Lipinski definition) is 2. The lowest BCUT2D eigenvalue weighted by molar-refractivity contribution is -0.118. The summed E-state index contributed by atoms with van der Waals surface area (Å²) in [5, 5.41) is 10.5. The van der Waals surface area contributed by atoms with Crippen LogP contribution in [0.15, 0.2) is 59.8 Å². The molecule has 7 heteroatoms. The number of H-pyrrole nitrogens is 1. The minimum atomic E-state index is -0.0631. The van der Waals surface area contributed by atoms with Crippen LogP contribution in [0, 0.1) is 0 Å². The average Bonchev–Trinajstić information content (AvgIpc) is 3.15. The molecule has 0 fully saturated rings. The van der Waals surface area contributed by atoms with Crippen molar-refractivity contribution in [1.82, 2.24) is 20.5 Å². The molecule has 2 N–H and O–H groups in total. The van der Waals surface area contributed by atoms with Gasteiger partial charge in [0.15, 0.2) is 5.82 Å². The van der Waals surface area contributed by atoms with E-state index in [-0.39, 0.29) is 11.7 Å². The third kappa shape index (κ3) is 4.84. The number of benzene rings is 2. The number of thioether (sulfide) groups is 1. The summed E-state index contributed by atoms with van der Waals surface area (Å²) in [7, 11) is 1.63. The number of carbonyl (C=O) groups excluding carboxylic acids is 1. The van der Waals surface area contributed by atoms with Gasteiger partial charge in [0, 0.05) is 12.1 Å². The van der Waals surface area contributed by atoms with Crippen molar-refractivity contribution in [2.24, 2.45) is 0 Å². The number of methoxy groups -OCH3 is 1.